The molecular formula is C22H23F2N5O5. The molecule has 2 N–H and O–H groups in total. The molecule has 10 nitrogen and oxygen atoms in total. The number of alkyl halides is 1. The molecule has 4 aliphatic heterocycles. The Morgan fingerprint density at radius 1 is 1.18 bits per heavy atom. The second kappa shape index (κ2) is 7.11. The number of imide groups is 2. The zero-order valence-corrected chi connectivity index (χ0v) is 18.6. The lowest BCUT2D eigenvalue weighted by atomic mass is 9.66. The second-order valence-corrected chi connectivity index (χ2v) is 9.55. The third-order valence-corrected chi connectivity index (χ3v) is 7.38. The number of fused-ring (bicyclic) bond motifs is 5. The van der Waals surface area contributed by atoms with Gasteiger partial charge in [-0.15, -0.1) is 0 Å². The Kier molecular flexibility index (Phi) is 4.45. The van der Waals surface area contributed by atoms with Gasteiger partial charge in [0.2, 0.25) is 17.4 Å². The number of ether oxygens (including phenoxy) is 1. The van der Waals surface area contributed by atoms with Crippen LogP contribution in [0.2, 0.25) is 0 Å². The first-order valence-electron chi connectivity index (χ1n) is 11.3. The van der Waals surface area contributed by atoms with E-state index in [1.54, 1.807) is 22.8 Å². The molecule has 4 atom stereocenters. The van der Waals surface area contributed by atoms with Crippen LogP contribution >= 0.6 is 0 Å². The van der Waals surface area contributed by atoms with Gasteiger partial charge in [-0.1, -0.05) is 5.16 Å². The maximum absolute atomic E-state index is 16.0. The Balaban J connectivity index is 1.56. The minimum atomic E-state index is -1.71. The fourth-order valence-corrected chi connectivity index (χ4v) is 6.07. The fraction of sp³-hybridized carbons (Fsp3) is 0.545. The molecule has 0 aliphatic carbocycles. The number of nitrogens with zero attached hydrogens (tertiary/aromatic N) is 3. The van der Waals surface area contributed by atoms with Crippen molar-refractivity contribution in [3.8, 4) is 0 Å². The third kappa shape index (κ3) is 2.74. The summed E-state index contributed by atoms with van der Waals surface area (Å²) in [6, 6.07) is -0.0942. The fourth-order valence-electron chi connectivity index (χ4n) is 6.07. The molecule has 5 heterocycles. The molecule has 3 fully saturated rings. The highest BCUT2D eigenvalue weighted by molar-refractivity contribution is 6.20. The summed E-state index contributed by atoms with van der Waals surface area (Å²) in [4.78, 5) is 41.7. The lowest BCUT2D eigenvalue weighted by molar-refractivity contribution is -0.153. The SMILES string of the molecule is C[C@@H]1CN2c3c(cc4c(N5CC[C@H](F)C5)noc4c3F)CC3(C(=O)NC(=O)NC3=O)[C@H]2[C@H](C)O1. The number of barbiturate groups is 1. The molecule has 0 saturated carbocycles. The molecule has 0 radical (unpaired) electrons. The molecule has 1 aromatic carbocycles. The summed E-state index contributed by atoms with van der Waals surface area (Å²) in [6.45, 7) is 4.30. The molecule has 2 aromatic rings. The average molecular weight is 475 g/mol. The molecule has 3 saturated heterocycles. The summed E-state index contributed by atoms with van der Waals surface area (Å²) >= 11 is 0. The van der Waals surface area contributed by atoms with E-state index >= 15 is 4.39 Å². The molecule has 34 heavy (non-hydrogen) atoms. The van der Waals surface area contributed by atoms with E-state index in [0.29, 0.717) is 29.7 Å². The monoisotopic (exact) mass is 475 g/mol. The van der Waals surface area contributed by atoms with Gasteiger partial charge in [0, 0.05) is 19.5 Å². The van der Waals surface area contributed by atoms with E-state index in [1.165, 1.54) is 0 Å². The van der Waals surface area contributed by atoms with Crippen LogP contribution in [0.3, 0.4) is 0 Å². The highest BCUT2D eigenvalue weighted by atomic mass is 19.1. The minimum Gasteiger partial charge on any atom is -0.372 e. The van der Waals surface area contributed by atoms with Crippen LogP contribution < -0.4 is 20.4 Å². The van der Waals surface area contributed by atoms with Crippen LogP contribution in [0.15, 0.2) is 10.6 Å². The number of carbonyl (C=O) groups excluding carboxylic acids is 3. The van der Waals surface area contributed by atoms with Gasteiger partial charge in [-0.25, -0.2) is 13.6 Å². The number of amides is 4. The number of rotatable bonds is 1. The molecule has 0 bridgehead atoms. The predicted molar refractivity (Wildman–Crippen MR) is 115 cm³/mol. The number of carbonyl (C=O) groups is 3. The van der Waals surface area contributed by atoms with Crippen molar-refractivity contribution in [2.24, 2.45) is 5.41 Å². The van der Waals surface area contributed by atoms with E-state index in [0.717, 1.165) is 0 Å². The maximum atomic E-state index is 16.0. The van der Waals surface area contributed by atoms with Gasteiger partial charge >= 0.3 is 6.03 Å². The summed E-state index contributed by atoms with van der Waals surface area (Å²) < 4.78 is 41.1. The first kappa shape index (κ1) is 21.3. The number of anilines is 2. The van der Waals surface area contributed by atoms with Crippen molar-refractivity contribution >= 4 is 40.3 Å². The number of nitrogens with one attached hydrogen (secondary N) is 2. The number of aromatic nitrogens is 1. The van der Waals surface area contributed by atoms with Gasteiger partial charge in [0.1, 0.15) is 6.17 Å². The standard InChI is InChI=1S/C22H23F2N5O5/c1-9-7-29-15-11(5-13-16(14(15)24)34-27-18(13)28-4-3-12(23)8-28)6-22(17(29)10(2)33-9)19(30)25-21(32)26-20(22)31/h5,9-10,12,17H,3-4,6-8H2,1-2H3,(H2,25,26,30,31,32)/t9-,10+,12+,17-/m1/s1. The summed E-state index contributed by atoms with van der Waals surface area (Å²) in [5.74, 6) is -1.84. The third-order valence-electron chi connectivity index (χ3n) is 7.38. The quantitative estimate of drug-likeness (QED) is 0.595. The van der Waals surface area contributed by atoms with Crippen LogP contribution in [0, 0.1) is 11.2 Å². The van der Waals surface area contributed by atoms with E-state index in [1.807, 2.05) is 6.92 Å². The first-order chi connectivity index (χ1) is 16.2. The largest absolute Gasteiger partial charge is 0.372 e. The predicted octanol–water partition coefficient (Wildman–Crippen LogP) is 1.41. The normalized spacial score (nSPS) is 30.4. The van der Waals surface area contributed by atoms with Crippen LogP contribution in [-0.2, 0) is 20.7 Å². The zero-order chi connectivity index (χ0) is 23.9. The van der Waals surface area contributed by atoms with Crippen LogP contribution in [-0.4, -0.2) is 67.1 Å². The molecule has 12 heteroatoms. The average Bonchev–Trinajstić information content (AvgIpc) is 3.37. The van der Waals surface area contributed by atoms with Crippen LogP contribution in [0.25, 0.3) is 11.0 Å². The van der Waals surface area contributed by atoms with E-state index < -0.39 is 47.4 Å². The lowest BCUT2D eigenvalue weighted by Gasteiger charge is -2.55. The van der Waals surface area contributed by atoms with E-state index in [2.05, 4.69) is 15.8 Å². The number of hydrogen-bond donors (Lipinski definition) is 2. The smallest absolute Gasteiger partial charge is 0.328 e. The molecule has 6 rings (SSSR count). The number of halogens is 2. The van der Waals surface area contributed by atoms with E-state index in [9.17, 15) is 18.8 Å². The van der Waals surface area contributed by atoms with Crippen molar-refractivity contribution in [1.82, 2.24) is 15.8 Å². The number of hydrogen-bond acceptors (Lipinski definition) is 8. The molecule has 180 valence electrons. The van der Waals surface area contributed by atoms with Crippen molar-refractivity contribution < 1.29 is 32.4 Å². The molecule has 0 unspecified atom stereocenters. The molecular weight excluding hydrogens is 452 g/mol. The topological polar surface area (TPSA) is 117 Å². The Bertz CT molecular complexity index is 1230. The van der Waals surface area contributed by atoms with E-state index in [4.69, 9.17) is 9.26 Å². The Hall–Kier alpha value is -3.28. The Morgan fingerprint density at radius 2 is 1.91 bits per heavy atom. The van der Waals surface area contributed by atoms with Gasteiger partial charge < -0.3 is 19.1 Å². The van der Waals surface area contributed by atoms with Gasteiger partial charge in [-0.2, -0.15) is 0 Å². The zero-order valence-electron chi connectivity index (χ0n) is 18.6. The van der Waals surface area contributed by atoms with Crippen LogP contribution in [0.5, 0.6) is 0 Å². The van der Waals surface area contributed by atoms with Crippen LogP contribution in [0.4, 0.5) is 25.1 Å². The van der Waals surface area contributed by atoms with Gasteiger partial charge in [0.05, 0.1) is 35.9 Å². The summed E-state index contributed by atoms with van der Waals surface area (Å²) in [5.41, 5.74) is -1.15. The van der Waals surface area contributed by atoms with Crippen molar-refractivity contribution in [3.05, 3.63) is 17.4 Å². The molecule has 1 spiro atoms. The summed E-state index contributed by atoms with van der Waals surface area (Å²) in [6.07, 6.45) is -1.75. The maximum Gasteiger partial charge on any atom is 0.328 e. The van der Waals surface area contributed by atoms with Crippen molar-refractivity contribution in [3.63, 3.8) is 0 Å². The number of benzene rings is 1. The molecule has 1 aromatic heterocycles. The van der Waals surface area contributed by atoms with Crippen molar-refractivity contribution in [1.29, 1.82) is 0 Å². The number of morpholine rings is 1. The first-order valence-corrected chi connectivity index (χ1v) is 11.3. The highest BCUT2D eigenvalue weighted by Gasteiger charge is 2.63. The van der Waals surface area contributed by atoms with Crippen molar-refractivity contribution in [2.75, 3.05) is 29.4 Å². The minimum absolute atomic E-state index is 0.0646. The highest BCUT2D eigenvalue weighted by Crippen LogP contribution is 2.49. The lowest BCUT2D eigenvalue weighted by Crippen LogP contribution is -2.75. The number of urea groups is 1. The van der Waals surface area contributed by atoms with Gasteiger partial charge in [0.15, 0.2) is 17.1 Å². The van der Waals surface area contributed by atoms with Gasteiger partial charge in [0.25, 0.3) is 0 Å². The van der Waals surface area contributed by atoms with Gasteiger partial charge in [-0.05, 0) is 31.9 Å². The van der Waals surface area contributed by atoms with Crippen molar-refractivity contribution in [2.45, 2.75) is 51.1 Å². The van der Waals surface area contributed by atoms with Crippen LogP contribution in [0.1, 0.15) is 25.8 Å². The van der Waals surface area contributed by atoms with Gasteiger partial charge in [-0.3, -0.25) is 20.2 Å². The Labute approximate surface area is 192 Å². The molecule has 4 aliphatic rings. The summed E-state index contributed by atoms with van der Waals surface area (Å²) in [5, 5.41) is 8.78. The molecule has 4 amide bonds. The van der Waals surface area contributed by atoms with E-state index in [-0.39, 0.29) is 36.9 Å². The summed E-state index contributed by atoms with van der Waals surface area (Å²) in [7, 11) is 0. The second-order valence-electron chi connectivity index (χ2n) is 9.55. The Morgan fingerprint density at radius 3 is 2.59 bits per heavy atom.